The zero-order valence-corrected chi connectivity index (χ0v) is 10.8. The fourth-order valence-corrected chi connectivity index (χ4v) is 3.21. The number of rotatable bonds is 6. The molecule has 3 heteroatoms. The van der Waals surface area contributed by atoms with Crippen LogP contribution in [0.15, 0.2) is 17.5 Å². The van der Waals surface area contributed by atoms with Crippen molar-refractivity contribution in [1.82, 2.24) is 5.32 Å². The van der Waals surface area contributed by atoms with E-state index in [9.17, 15) is 0 Å². The summed E-state index contributed by atoms with van der Waals surface area (Å²) in [4.78, 5) is 1.45. The summed E-state index contributed by atoms with van der Waals surface area (Å²) in [5, 5.41) is 5.55. The van der Waals surface area contributed by atoms with Gasteiger partial charge in [0.25, 0.3) is 0 Å². The first kappa shape index (κ1) is 12.1. The molecular formula is C13H21NOS. The molecule has 1 N–H and O–H groups in total. The maximum atomic E-state index is 5.64. The Balaban J connectivity index is 1.71. The molecule has 1 saturated heterocycles. The minimum Gasteiger partial charge on any atom is -0.378 e. The zero-order chi connectivity index (χ0) is 11.2. The van der Waals surface area contributed by atoms with Gasteiger partial charge in [-0.05, 0) is 50.6 Å². The van der Waals surface area contributed by atoms with Crippen molar-refractivity contribution in [2.45, 2.75) is 44.2 Å². The maximum Gasteiger partial charge on any atom is 0.0576 e. The molecule has 2 atom stereocenters. The normalized spacial score (nSPS) is 22.4. The van der Waals surface area contributed by atoms with Gasteiger partial charge in [-0.1, -0.05) is 6.07 Å². The van der Waals surface area contributed by atoms with Crippen LogP contribution in [0.25, 0.3) is 0 Å². The van der Waals surface area contributed by atoms with Gasteiger partial charge >= 0.3 is 0 Å². The van der Waals surface area contributed by atoms with Crippen molar-refractivity contribution in [2.75, 3.05) is 13.7 Å². The lowest BCUT2D eigenvalue weighted by Gasteiger charge is -2.15. The molecule has 2 nitrogen and oxygen atoms in total. The summed E-state index contributed by atoms with van der Waals surface area (Å²) < 4.78 is 5.64. The Morgan fingerprint density at radius 1 is 1.62 bits per heavy atom. The maximum absolute atomic E-state index is 5.64. The van der Waals surface area contributed by atoms with E-state index in [-0.39, 0.29) is 0 Å². The van der Waals surface area contributed by atoms with Crippen LogP contribution >= 0.6 is 11.3 Å². The standard InChI is InChI=1S/C13H21NOS/c1-14-12(13-8-4-10-16-13)7-2-5-11-6-3-9-15-11/h4,8,10-12,14H,2-3,5-7,9H2,1H3. The van der Waals surface area contributed by atoms with E-state index >= 15 is 0 Å². The molecule has 0 radical (unpaired) electrons. The molecule has 1 aliphatic rings. The molecule has 2 unspecified atom stereocenters. The van der Waals surface area contributed by atoms with Crippen LogP contribution in [0, 0.1) is 0 Å². The number of ether oxygens (including phenoxy) is 1. The van der Waals surface area contributed by atoms with Crippen molar-refractivity contribution in [1.29, 1.82) is 0 Å². The molecule has 0 spiro atoms. The Morgan fingerprint density at radius 2 is 2.56 bits per heavy atom. The topological polar surface area (TPSA) is 21.3 Å². The van der Waals surface area contributed by atoms with Crippen molar-refractivity contribution < 1.29 is 4.74 Å². The van der Waals surface area contributed by atoms with E-state index in [1.54, 1.807) is 0 Å². The highest BCUT2D eigenvalue weighted by atomic mass is 32.1. The molecule has 2 heterocycles. The van der Waals surface area contributed by atoms with E-state index in [4.69, 9.17) is 4.74 Å². The van der Waals surface area contributed by atoms with Crippen molar-refractivity contribution in [3.05, 3.63) is 22.4 Å². The van der Waals surface area contributed by atoms with Crippen LogP contribution in [0.4, 0.5) is 0 Å². The van der Waals surface area contributed by atoms with Crippen LogP contribution in [-0.4, -0.2) is 19.8 Å². The van der Waals surface area contributed by atoms with Gasteiger partial charge in [-0.15, -0.1) is 11.3 Å². The minimum absolute atomic E-state index is 0.529. The predicted octanol–water partition coefficient (Wildman–Crippen LogP) is 3.36. The Morgan fingerprint density at radius 3 is 3.19 bits per heavy atom. The van der Waals surface area contributed by atoms with Crippen molar-refractivity contribution >= 4 is 11.3 Å². The van der Waals surface area contributed by atoms with Crippen LogP contribution in [0.5, 0.6) is 0 Å². The second kappa shape index (κ2) is 6.38. The molecule has 0 saturated carbocycles. The van der Waals surface area contributed by atoms with Gasteiger partial charge in [0.15, 0.2) is 0 Å². The molecule has 0 bridgehead atoms. The average molecular weight is 239 g/mol. The van der Waals surface area contributed by atoms with Crippen molar-refractivity contribution in [3.8, 4) is 0 Å². The monoisotopic (exact) mass is 239 g/mol. The fraction of sp³-hybridized carbons (Fsp3) is 0.692. The number of thiophene rings is 1. The number of nitrogens with one attached hydrogen (secondary N) is 1. The molecule has 0 aromatic carbocycles. The van der Waals surface area contributed by atoms with Gasteiger partial charge in [-0.3, -0.25) is 0 Å². The van der Waals surface area contributed by atoms with Gasteiger partial charge in [-0.2, -0.15) is 0 Å². The summed E-state index contributed by atoms with van der Waals surface area (Å²) in [5.41, 5.74) is 0. The second-order valence-electron chi connectivity index (χ2n) is 4.42. The Kier molecular flexibility index (Phi) is 4.82. The lowest BCUT2D eigenvalue weighted by atomic mass is 10.0. The summed E-state index contributed by atoms with van der Waals surface area (Å²) >= 11 is 1.84. The van der Waals surface area contributed by atoms with Gasteiger partial charge < -0.3 is 10.1 Å². The Bertz CT molecular complexity index is 280. The summed E-state index contributed by atoms with van der Waals surface area (Å²) in [6, 6.07) is 4.88. The molecule has 1 aromatic heterocycles. The Hall–Kier alpha value is -0.380. The van der Waals surface area contributed by atoms with Crippen LogP contribution in [-0.2, 0) is 4.74 Å². The molecule has 0 amide bonds. The van der Waals surface area contributed by atoms with E-state index in [0.29, 0.717) is 12.1 Å². The summed E-state index contributed by atoms with van der Waals surface area (Å²) in [6.45, 7) is 0.977. The molecular weight excluding hydrogens is 218 g/mol. The lowest BCUT2D eigenvalue weighted by molar-refractivity contribution is 0.101. The predicted molar refractivity (Wildman–Crippen MR) is 68.9 cm³/mol. The largest absolute Gasteiger partial charge is 0.378 e. The highest BCUT2D eigenvalue weighted by Gasteiger charge is 2.16. The van der Waals surface area contributed by atoms with Gasteiger partial charge in [0.05, 0.1) is 6.10 Å². The van der Waals surface area contributed by atoms with Crippen LogP contribution in [0.3, 0.4) is 0 Å². The van der Waals surface area contributed by atoms with Crippen LogP contribution < -0.4 is 5.32 Å². The molecule has 16 heavy (non-hydrogen) atoms. The SMILES string of the molecule is CNC(CCCC1CCCO1)c1cccs1. The van der Waals surface area contributed by atoms with E-state index in [1.807, 2.05) is 11.3 Å². The second-order valence-corrected chi connectivity index (χ2v) is 5.40. The van der Waals surface area contributed by atoms with E-state index in [2.05, 4.69) is 29.9 Å². The lowest BCUT2D eigenvalue weighted by Crippen LogP contribution is -2.16. The highest BCUT2D eigenvalue weighted by molar-refractivity contribution is 7.10. The molecule has 2 rings (SSSR count). The van der Waals surface area contributed by atoms with E-state index in [1.165, 1.54) is 37.0 Å². The van der Waals surface area contributed by atoms with Gasteiger partial charge in [0, 0.05) is 17.5 Å². The summed E-state index contributed by atoms with van der Waals surface area (Å²) in [6.07, 6.45) is 6.77. The van der Waals surface area contributed by atoms with Crippen molar-refractivity contribution in [3.63, 3.8) is 0 Å². The zero-order valence-electron chi connectivity index (χ0n) is 9.95. The Labute approximate surface area is 102 Å². The highest BCUT2D eigenvalue weighted by Crippen LogP contribution is 2.25. The molecule has 1 fully saturated rings. The molecule has 0 aliphatic carbocycles. The van der Waals surface area contributed by atoms with Gasteiger partial charge in [0.1, 0.15) is 0 Å². The average Bonchev–Trinajstić information content (AvgIpc) is 2.96. The molecule has 1 aromatic rings. The van der Waals surface area contributed by atoms with Crippen molar-refractivity contribution in [2.24, 2.45) is 0 Å². The van der Waals surface area contributed by atoms with Gasteiger partial charge in [-0.25, -0.2) is 0 Å². The first-order valence-corrected chi connectivity index (χ1v) is 7.10. The third-order valence-electron chi connectivity index (χ3n) is 3.28. The molecule has 1 aliphatic heterocycles. The fourth-order valence-electron chi connectivity index (χ4n) is 2.34. The third kappa shape index (κ3) is 3.30. The summed E-state index contributed by atoms with van der Waals surface area (Å²) in [5.74, 6) is 0. The quantitative estimate of drug-likeness (QED) is 0.822. The van der Waals surface area contributed by atoms with Crippen LogP contribution in [0.1, 0.15) is 43.0 Å². The number of hydrogen-bond acceptors (Lipinski definition) is 3. The molecule has 90 valence electrons. The first-order valence-electron chi connectivity index (χ1n) is 6.22. The van der Waals surface area contributed by atoms with E-state index < -0.39 is 0 Å². The summed E-state index contributed by atoms with van der Waals surface area (Å²) in [7, 11) is 2.05. The van der Waals surface area contributed by atoms with E-state index in [0.717, 1.165) is 6.61 Å². The smallest absolute Gasteiger partial charge is 0.0576 e. The van der Waals surface area contributed by atoms with Crippen LogP contribution in [0.2, 0.25) is 0 Å². The number of hydrogen-bond donors (Lipinski definition) is 1. The minimum atomic E-state index is 0.529. The van der Waals surface area contributed by atoms with Gasteiger partial charge in [0.2, 0.25) is 0 Å². The first-order chi connectivity index (χ1) is 7.90. The third-order valence-corrected chi connectivity index (χ3v) is 4.26.